The van der Waals surface area contributed by atoms with Crippen molar-refractivity contribution < 1.29 is 9.63 Å². The lowest BCUT2D eigenvalue weighted by atomic mass is 10.3. The second-order valence-electron chi connectivity index (χ2n) is 3.75. The molecule has 0 amide bonds. The Balaban J connectivity index is 1.70. The number of aromatic nitrogens is 2. The van der Waals surface area contributed by atoms with E-state index in [1.165, 1.54) is 11.8 Å². The molecular formula is C13H10N2O2S2. The third-order valence-corrected chi connectivity index (χ3v) is 4.34. The average molecular weight is 290 g/mol. The fraction of sp³-hybridized carbons (Fsp3) is 0.0769. The Morgan fingerprint density at radius 3 is 2.89 bits per heavy atom. The monoisotopic (exact) mass is 290 g/mol. The van der Waals surface area contributed by atoms with Gasteiger partial charge in [0.2, 0.25) is 11.7 Å². The molecule has 2 heterocycles. The highest BCUT2D eigenvalue weighted by Gasteiger charge is 2.10. The third-order valence-electron chi connectivity index (χ3n) is 2.43. The van der Waals surface area contributed by atoms with E-state index >= 15 is 0 Å². The molecule has 19 heavy (non-hydrogen) atoms. The smallest absolute Gasteiger partial charge is 0.237 e. The summed E-state index contributed by atoms with van der Waals surface area (Å²) in [7, 11) is 0. The van der Waals surface area contributed by atoms with E-state index in [0.717, 1.165) is 9.77 Å². The van der Waals surface area contributed by atoms with Crippen LogP contribution in [-0.4, -0.2) is 15.2 Å². The van der Waals surface area contributed by atoms with Gasteiger partial charge in [-0.05, 0) is 23.6 Å². The molecule has 4 nitrogen and oxygen atoms in total. The standard InChI is InChI=1S/C13H10N2O2S2/c16-9-4-1-2-5-10(9)19-8-12-14-13(15-17-12)11-6-3-7-18-11/h1-7,16H,8H2. The summed E-state index contributed by atoms with van der Waals surface area (Å²) >= 11 is 3.04. The summed E-state index contributed by atoms with van der Waals surface area (Å²) in [5.74, 6) is 1.97. The topological polar surface area (TPSA) is 59.2 Å². The summed E-state index contributed by atoms with van der Waals surface area (Å²) in [5, 5.41) is 15.6. The molecule has 0 bridgehead atoms. The molecule has 0 spiro atoms. The molecule has 0 atom stereocenters. The van der Waals surface area contributed by atoms with E-state index < -0.39 is 0 Å². The summed E-state index contributed by atoms with van der Waals surface area (Å²) in [6, 6.07) is 11.1. The first-order chi connectivity index (χ1) is 9.33. The number of thioether (sulfide) groups is 1. The summed E-state index contributed by atoms with van der Waals surface area (Å²) in [6.07, 6.45) is 0. The van der Waals surface area contributed by atoms with Crippen molar-refractivity contribution in [3.63, 3.8) is 0 Å². The van der Waals surface area contributed by atoms with E-state index in [0.29, 0.717) is 17.5 Å². The zero-order chi connectivity index (χ0) is 13.1. The first-order valence-electron chi connectivity index (χ1n) is 5.60. The number of para-hydroxylation sites is 1. The maximum absolute atomic E-state index is 9.66. The number of hydrogen-bond acceptors (Lipinski definition) is 6. The number of nitrogens with zero attached hydrogens (tertiary/aromatic N) is 2. The lowest BCUT2D eigenvalue weighted by Gasteiger charge is -2.00. The molecule has 0 aliphatic rings. The Morgan fingerprint density at radius 2 is 2.11 bits per heavy atom. The van der Waals surface area contributed by atoms with Crippen LogP contribution in [0, 0.1) is 0 Å². The number of hydrogen-bond donors (Lipinski definition) is 1. The second kappa shape index (κ2) is 5.46. The molecule has 0 saturated carbocycles. The quantitative estimate of drug-likeness (QED) is 0.741. The molecular weight excluding hydrogens is 280 g/mol. The minimum absolute atomic E-state index is 0.269. The van der Waals surface area contributed by atoms with Gasteiger partial charge < -0.3 is 9.63 Å². The number of phenols is 1. The zero-order valence-corrected chi connectivity index (χ0v) is 11.4. The van der Waals surface area contributed by atoms with Crippen LogP contribution < -0.4 is 0 Å². The Labute approximate surface area is 118 Å². The lowest BCUT2D eigenvalue weighted by molar-refractivity contribution is 0.391. The minimum atomic E-state index is 0.269. The second-order valence-corrected chi connectivity index (χ2v) is 5.71. The number of benzene rings is 1. The number of phenolic OH excluding ortho intramolecular Hbond substituents is 1. The molecule has 1 aromatic carbocycles. The number of rotatable bonds is 4. The van der Waals surface area contributed by atoms with Gasteiger partial charge in [0.05, 0.1) is 10.6 Å². The van der Waals surface area contributed by atoms with Gasteiger partial charge in [-0.15, -0.1) is 23.1 Å². The summed E-state index contributed by atoms with van der Waals surface area (Å²) in [6.45, 7) is 0. The largest absolute Gasteiger partial charge is 0.507 e. The fourth-order valence-electron chi connectivity index (χ4n) is 1.54. The van der Waals surface area contributed by atoms with Crippen LogP contribution in [0.25, 0.3) is 10.7 Å². The van der Waals surface area contributed by atoms with Crippen molar-refractivity contribution in [3.05, 3.63) is 47.7 Å². The summed E-state index contributed by atoms with van der Waals surface area (Å²) < 4.78 is 5.19. The van der Waals surface area contributed by atoms with E-state index in [1.54, 1.807) is 23.5 Å². The van der Waals surface area contributed by atoms with Gasteiger partial charge in [0, 0.05) is 4.90 Å². The molecule has 96 valence electrons. The van der Waals surface area contributed by atoms with Gasteiger partial charge in [-0.25, -0.2) is 0 Å². The van der Waals surface area contributed by atoms with Crippen molar-refractivity contribution in [2.45, 2.75) is 10.6 Å². The summed E-state index contributed by atoms with van der Waals surface area (Å²) in [5.41, 5.74) is 0. The van der Waals surface area contributed by atoms with Crippen LogP contribution in [0.1, 0.15) is 5.89 Å². The number of aromatic hydroxyl groups is 1. The van der Waals surface area contributed by atoms with Crippen molar-refractivity contribution in [1.82, 2.24) is 10.1 Å². The van der Waals surface area contributed by atoms with Gasteiger partial charge in [0.1, 0.15) is 5.75 Å². The Kier molecular flexibility index (Phi) is 3.52. The molecule has 0 unspecified atom stereocenters. The predicted octanol–water partition coefficient (Wildman–Crippen LogP) is 3.80. The third kappa shape index (κ3) is 2.80. The zero-order valence-electron chi connectivity index (χ0n) is 9.81. The van der Waals surface area contributed by atoms with Crippen molar-refractivity contribution in [3.8, 4) is 16.5 Å². The maximum atomic E-state index is 9.66. The van der Waals surface area contributed by atoms with Crippen molar-refractivity contribution >= 4 is 23.1 Å². The van der Waals surface area contributed by atoms with Crippen LogP contribution in [0.3, 0.4) is 0 Å². The van der Waals surface area contributed by atoms with Crippen LogP contribution in [0.4, 0.5) is 0 Å². The van der Waals surface area contributed by atoms with Gasteiger partial charge in [-0.3, -0.25) is 0 Å². The minimum Gasteiger partial charge on any atom is -0.507 e. The molecule has 2 aromatic heterocycles. The molecule has 0 aliphatic carbocycles. The first kappa shape index (κ1) is 12.3. The van der Waals surface area contributed by atoms with Crippen molar-refractivity contribution in [2.75, 3.05) is 0 Å². The van der Waals surface area contributed by atoms with Crippen LogP contribution >= 0.6 is 23.1 Å². The molecule has 3 rings (SSSR count). The average Bonchev–Trinajstić information content (AvgIpc) is 3.09. The molecule has 6 heteroatoms. The van der Waals surface area contributed by atoms with Gasteiger partial charge in [0.25, 0.3) is 0 Å². The van der Waals surface area contributed by atoms with E-state index in [-0.39, 0.29) is 5.75 Å². The first-order valence-corrected chi connectivity index (χ1v) is 7.47. The van der Waals surface area contributed by atoms with Crippen molar-refractivity contribution in [2.24, 2.45) is 0 Å². The van der Waals surface area contributed by atoms with E-state index in [4.69, 9.17) is 4.52 Å². The number of thiophene rings is 1. The highest BCUT2D eigenvalue weighted by molar-refractivity contribution is 7.98. The Hall–Kier alpha value is -1.79. The van der Waals surface area contributed by atoms with E-state index in [1.807, 2.05) is 29.6 Å². The van der Waals surface area contributed by atoms with Crippen LogP contribution in [-0.2, 0) is 5.75 Å². The fourth-order valence-corrected chi connectivity index (χ4v) is 2.97. The summed E-state index contributed by atoms with van der Waals surface area (Å²) in [4.78, 5) is 6.12. The van der Waals surface area contributed by atoms with E-state index in [2.05, 4.69) is 10.1 Å². The molecule has 0 fully saturated rings. The molecule has 1 N–H and O–H groups in total. The van der Waals surface area contributed by atoms with Crippen molar-refractivity contribution in [1.29, 1.82) is 0 Å². The highest BCUT2D eigenvalue weighted by Crippen LogP contribution is 2.30. The molecule has 0 radical (unpaired) electrons. The van der Waals surface area contributed by atoms with Crippen LogP contribution in [0.15, 0.2) is 51.2 Å². The van der Waals surface area contributed by atoms with Crippen LogP contribution in [0.5, 0.6) is 5.75 Å². The predicted molar refractivity (Wildman–Crippen MR) is 75.3 cm³/mol. The Morgan fingerprint density at radius 1 is 1.21 bits per heavy atom. The SMILES string of the molecule is Oc1ccccc1SCc1nc(-c2cccs2)no1. The highest BCUT2D eigenvalue weighted by atomic mass is 32.2. The molecule has 0 saturated heterocycles. The maximum Gasteiger partial charge on any atom is 0.237 e. The molecule has 0 aliphatic heterocycles. The van der Waals surface area contributed by atoms with Gasteiger partial charge in [-0.2, -0.15) is 4.98 Å². The van der Waals surface area contributed by atoms with Crippen LogP contribution in [0.2, 0.25) is 0 Å². The van der Waals surface area contributed by atoms with Gasteiger partial charge in [0.15, 0.2) is 0 Å². The van der Waals surface area contributed by atoms with E-state index in [9.17, 15) is 5.11 Å². The van der Waals surface area contributed by atoms with Gasteiger partial charge in [-0.1, -0.05) is 23.4 Å². The lowest BCUT2D eigenvalue weighted by Crippen LogP contribution is -1.81. The van der Waals surface area contributed by atoms with Gasteiger partial charge >= 0.3 is 0 Å². The Bertz CT molecular complexity index is 665. The molecule has 3 aromatic rings. The normalized spacial score (nSPS) is 10.7.